The lowest BCUT2D eigenvalue weighted by Gasteiger charge is -2.03. The molecule has 0 aliphatic rings. The summed E-state index contributed by atoms with van der Waals surface area (Å²) in [7, 11) is 0. The number of hydrogen-bond donors (Lipinski definition) is 3. The molecule has 0 atom stereocenters. The first-order valence-electron chi connectivity index (χ1n) is 3.55. The zero-order valence-corrected chi connectivity index (χ0v) is 8.00. The largest absolute Gasteiger partial charge is 0.504 e. The predicted octanol–water partition coefficient (Wildman–Crippen LogP) is 1.36. The van der Waals surface area contributed by atoms with Gasteiger partial charge in [0.2, 0.25) is 0 Å². The Morgan fingerprint density at radius 3 is 2.50 bits per heavy atom. The topological polar surface area (TPSA) is 66.5 Å². The molecule has 0 amide bonds. The van der Waals surface area contributed by atoms with Gasteiger partial charge in [0.05, 0.1) is 4.47 Å². The minimum absolute atomic E-state index is 0.118. The third-order valence-corrected chi connectivity index (χ3v) is 2.14. The van der Waals surface area contributed by atoms with Crippen molar-refractivity contribution >= 4 is 15.9 Å². The summed E-state index contributed by atoms with van der Waals surface area (Å²) in [5.74, 6) is -0.247. The highest BCUT2D eigenvalue weighted by Crippen LogP contribution is 2.34. The zero-order chi connectivity index (χ0) is 9.14. The molecular weight excluding hydrogens is 222 g/mol. The lowest BCUT2D eigenvalue weighted by molar-refractivity contribution is 0.401. The molecule has 0 spiro atoms. The lowest BCUT2D eigenvalue weighted by Crippen LogP contribution is -2.02. The Morgan fingerprint density at radius 2 is 2.00 bits per heavy atom. The fourth-order valence-electron chi connectivity index (χ4n) is 0.950. The molecule has 0 aromatic heterocycles. The molecule has 66 valence electrons. The summed E-state index contributed by atoms with van der Waals surface area (Å²) in [6.07, 6.45) is 0.687. The van der Waals surface area contributed by atoms with Gasteiger partial charge >= 0.3 is 0 Å². The van der Waals surface area contributed by atoms with E-state index in [0.29, 0.717) is 17.4 Å². The molecule has 12 heavy (non-hydrogen) atoms. The Morgan fingerprint density at radius 1 is 1.33 bits per heavy atom. The van der Waals surface area contributed by atoms with Crippen molar-refractivity contribution in [1.82, 2.24) is 0 Å². The second-order valence-corrected chi connectivity index (χ2v) is 3.34. The van der Waals surface area contributed by atoms with Crippen LogP contribution in [0.4, 0.5) is 0 Å². The first-order valence-corrected chi connectivity index (χ1v) is 4.35. The molecule has 4 heteroatoms. The van der Waals surface area contributed by atoms with Crippen LogP contribution in [0, 0.1) is 0 Å². The van der Waals surface area contributed by atoms with E-state index >= 15 is 0 Å². The summed E-state index contributed by atoms with van der Waals surface area (Å²) in [6, 6.07) is 3.24. The molecule has 0 aliphatic carbocycles. The van der Waals surface area contributed by atoms with Crippen molar-refractivity contribution in [2.24, 2.45) is 5.73 Å². The molecule has 3 nitrogen and oxygen atoms in total. The van der Waals surface area contributed by atoms with Crippen LogP contribution in [0.1, 0.15) is 5.56 Å². The van der Waals surface area contributed by atoms with Crippen molar-refractivity contribution in [1.29, 1.82) is 0 Å². The molecule has 1 aromatic carbocycles. The van der Waals surface area contributed by atoms with Gasteiger partial charge in [-0.25, -0.2) is 0 Å². The van der Waals surface area contributed by atoms with E-state index in [0.717, 1.165) is 5.56 Å². The lowest BCUT2D eigenvalue weighted by atomic mass is 10.1. The number of phenolic OH excluding ortho intramolecular Hbond substituents is 2. The van der Waals surface area contributed by atoms with E-state index in [-0.39, 0.29) is 11.5 Å². The fourth-order valence-corrected chi connectivity index (χ4v) is 1.45. The van der Waals surface area contributed by atoms with Crippen LogP contribution >= 0.6 is 15.9 Å². The Hall–Kier alpha value is -0.740. The Balaban J connectivity index is 3.04. The zero-order valence-electron chi connectivity index (χ0n) is 6.42. The van der Waals surface area contributed by atoms with Crippen LogP contribution in [-0.4, -0.2) is 16.8 Å². The molecule has 0 aliphatic heterocycles. The van der Waals surface area contributed by atoms with Crippen molar-refractivity contribution in [3.63, 3.8) is 0 Å². The molecule has 1 rings (SSSR count). The Labute approximate surface area is 79.0 Å². The van der Waals surface area contributed by atoms with Gasteiger partial charge in [0.15, 0.2) is 11.5 Å². The van der Waals surface area contributed by atoms with Gasteiger partial charge in [-0.2, -0.15) is 0 Å². The minimum atomic E-state index is -0.129. The summed E-state index contributed by atoms with van der Waals surface area (Å²) in [6.45, 7) is 0.524. The predicted molar refractivity (Wildman–Crippen MR) is 50.2 cm³/mol. The van der Waals surface area contributed by atoms with E-state index in [1.165, 1.54) is 6.07 Å². The van der Waals surface area contributed by atoms with Crippen LogP contribution in [-0.2, 0) is 6.42 Å². The highest BCUT2D eigenvalue weighted by molar-refractivity contribution is 9.10. The summed E-state index contributed by atoms with van der Waals surface area (Å²) in [4.78, 5) is 0. The summed E-state index contributed by atoms with van der Waals surface area (Å²) < 4.78 is 0.492. The van der Waals surface area contributed by atoms with Crippen molar-refractivity contribution in [2.75, 3.05) is 6.54 Å². The monoisotopic (exact) mass is 231 g/mol. The molecule has 1 aromatic rings. The van der Waals surface area contributed by atoms with Gasteiger partial charge in [-0.05, 0) is 46.6 Å². The standard InChI is InChI=1S/C8H10BrNO2/c9-6-3-5(1-2-10)4-7(11)8(6)12/h3-4,11-12H,1-2,10H2. The van der Waals surface area contributed by atoms with Gasteiger partial charge in [0.1, 0.15) is 0 Å². The molecule has 0 heterocycles. The van der Waals surface area contributed by atoms with Crippen LogP contribution in [0.2, 0.25) is 0 Å². The molecule has 0 saturated heterocycles. The first-order chi connectivity index (χ1) is 5.65. The molecule has 0 bridgehead atoms. The maximum absolute atomic E-state index is 9.19. The minimum Gasteiger partial charge on any atom is -0.504 e. The SMILES string of the molecule is NCCc1cc(O)c(O)c(Br)c1. The van der Waals surface area contributed by atoms with Gasteiger partial charge in [-0.3, -0.25) is 0 Å². The number of aromatic hydroxyl groups is 2. The van der Waals surface area contributed by atoms with E-state index < -0.39 is 0 Å². The Bertz CT molecular complexity index is 265. The van der Waals surface area contributed by atoms with Crippen LogP contribution in [0.25, 0.3) is 0 Å². The summed E-state index contributed by atoms with van der Waals surface area (Å²) >= 11 is 3.12. The van der Waals surface area contributed by atoms with Gasteiger partial charge in [-0.1, -0.05) is 0 Å². The van der Waals surface area contributed by atoms with E-state index in [1.807, 2.05) is 0 Å². The van der Waals surface area contributed by atoms with Crippen LogP contribution < -0.4 is 5.73 Å². The number of benzene rings is 1. The van der Waals surface area contributed by atoms with Crippen LogP contribution in [0.5, 0.6) is 11.5 Å². The smallest absolute Gasteiger partial charge is 0.171 e. The average Bonchev–Trinajstić information content (AvgIpc) is 2.01. The average molecular weight is 232 g/mol. The third-order valence-electron chi connectivity index (χ3n) is 1.54. The normalized spacial score (nSPS) is 10.2. The van der Waals surface area contributed by atoms with Gasteiger partial charge in [0.25, 0.3) is 0 Å². The van der Waals surface area contributed by atoms with E-state index in [4.69, 9.17) is 5.73 Å². The first kappa shape index (κ1) is 9.35. The maximum atomic E-state index is 9.19. The second kappa shape index (κ2) is 3.78. The number of rotatable bonds is 2. The molecule has 0 radical (unpaired) electrons. The quantitative estimate of drug-likeness (QED) is 0.674. The molecule has 0 fully saturated rings. The number of phenols is 2. The number of nitrogens with two attached hydrogens (primary N) is 1. The fraction of sp³-hybridized carbons (Fsp3) is 0.250. The molecule has 0 saturated carbocycles. The van der Waals surface area contributed by atoms with Crippen molar-refractivity contribution in [2.45, 2.75) is 6.42 Å². The number of hydrogen-bond acceptors (Lipinski definition) is 3. The third kappa shape index (κ3) is 1.89. The van der Waals surface area contributed by atoms with Crippen molar-refractivity contribution < 1.29 is 10.2 Å². The maximum Gasteiger partial charge on any atom is 0.171 e. The number of halogens is 1. The molecule has 4 N–H and O–H groups in total. The Kier molecular flexibility index (Phi) is 2.94. The highest BCUT2D eigenvalue weighted by Gasteiger charge is 2.05. The summed E-state index contributed by atoms with van der Waals surface area (Å²) in [5, 5.41) is 18.4. The molecule has 0 unspecified atom stereocenters. The van der Waals surface area contributed by atoms with Gasteiger partial charge in [0, 0.05) is 0 Å². The van der Waals surface area contributed by atoms with Gasteiger partial charge < -0.3 is 15.9 Å². The van der Waals surface area contributed by atoms with Crippen LogP contribution in [0.3, 0.4) is 0 Å². The van der Waals surface area contributed by atoms with Crippen molar-refractivity contribution in [3.05, 3.63) is 22.2 Å². The molecular formula is C8H10BrNO2. The highest BCUT2D eigenvalue weighted by atomic mass is 79.9. The van der Waals surface area contributed by atoms with E-state index in [1.54, 1.807) is 6.07 Å². The van der Waals surface area contributed by atoms with Gasteiger partial charge in [-0.15, -0.1) is 0 Å². The van der Waals surface area contributed by atoms with Crippen LogP contribution in [0.15, 0.2) is 16.6 Å². The van der Waals surface area contributed by atoms with Crippen molar-refractivity contribution in [3.8, 4) is 11.5 Å². The van der Waals surface area contributed by atoms with E-state index in [2.05, 4.69) is 15.9 Å². The summed E-state index contributed by atoms with van der Waals surface area (Å²) in [5.41, 5.74) is 6.24. The second-order valence-electron chi connectivity index (χ2n) is 2.48. The van der Waals surface area contributed by atoms with E-state index in [9.17, 15) is 10.2 Å².